The smallest absolute Gasteiger partial charge is 0.170 e. The summed E-state index contributed by atoms with van der Waals surface area (Å²) in [5.41, 5.74) is 0.177. The van der Waals surface area contributed by atoms with E-state index in [0.717, 1.165) is 0 Å². The summed E-state index contributed by atoms with van der Waals surface area (Å²) in [5.74, 6) is -0.0650. The summed E-state index contributed by atoms with van der Waals surface area (Å²) in [6.07, 6.45) is 6.07. The van der Waals surface area contributed by atoms with Crippen molar-refractivity contribution in [1.82, 2.24) is 0 Å². The number of phenols is 2. The molecule has 0 aliphatic heterocycles. The lowest BCUT2D eigenvalue weighted by molar-refractivity contribution is 0.111. The Morgan fingerprint density at radius 1 is 0.595 bits per heavy atom. The van der Waals surface area contributed by atoms with Crippen LogP contribution < -0.4 is 0 Å². The van der Waals surface area contributed by atoms with Crippen molar-refractivity contribution in [2.45, 2.75) is 63.2 Å². The van der Waals surface area contributed by atoms with E-state index >= 15 is 0 Å². The molecule has 0 fully saturated rings. The molecule has 0 atom stereocenters. The number of hydrogen-bond acceptors (Lipinski definition) is 6. The summed E-state index contributed by atoms with van der Waals surface area (Å²) < 4.78 is 27.6. The first-order valence-corrected chi connectivity index (χ1v) is 13.8. The average Bonchev–Trinajstić information content (AvgIpc) is 2.83. The van der Waals surface area contributed by atoms with E-state index in [2.05, 4.69) is 0 Å². The van der Waals surface area contributed by atoms with Crippen LogP contribution in [0.3, 0.4) is 0 Å². The fourth-order valence-corrected chi connectivity index (χ4v) is 7.44. The number of aryl methyl sites for hydroxylation is 2. The zero-order chi connectivity index (χ0) is 27.5. The van der Waals surface area contributed by atoms with Crippen LogP contribution in [0.15, 0.2) is 83.0 Å². The van der Waals surface area contributed by atoms with Gasteiger partial charge in [-0.1, -0.05) is 60.7 Å². The Bertz CT molecular complexity index is 1360. The van der Waals surface area contributed by atoms with Crippen molar-refractivity contribution in [3.63, 3.8) is 0 Å². The lowest BCUT2D eigenvalue weighted by Gasteiger charge is -2.38. The molecule has 0 spiro atoms. The number of aliphatic hydroxyl groups is 2. The summed E-state index contributed by atoms with van der Waals surface area (Å²) in [6, 6.07) is 10.2. The zero-order valence-electron chi connectivity index (χ0n) is 21.9. The minimum Gasteiger partial charge on any atom is -0.507 e. The molecular formula is C30H34O6S. The minimum atomic E-state index is -3.87. The highest BCUT2D eigenvalue weighted by Crippen LogP contribution is 2.47. The molecule has 0 radical (unpaired) electrons. The number of benzene rings is 2. The molecule has 2 aromatic rings. The van der Waals surface area contributed by atoms with Gasteiger partial charge in [0.2, 0.25) is 0 Å². The quantitative estimate of drug-likeness (QED) is 0.431. The molecule has 2 aliphatic rings. The molecule has 0 saturated heterocycles. The minimum absolute atomic E-state index is 0.0325. The van der Waals surface area contributed by atoms with Crippen LogP contribution in [0.1, 0.15) is 49.9 Å². The highest BCUT2D eigenvalue weighted by Gasteiger charge is 2.45. The van der Waals surface area contributed by atoms with Gasteiger partial charge < -0.3 is 20.4 Å². The normalized spacial score (nSPS) is 28.2. The van der Waals surface area contributed by atoms with Gasteiger partial charge in [0.05, 0.1) is 10.5 Å². The first-order valence-electron chi connectivity index (χ1n) is 12.2. The molecule has 196 valence electrons. The molecule has 4 N–H and O–H groups in total. The SMILES string of the molecule is CC1=CC(S(=O)(=O)C2C=C(C)C(O)(c3cccc(C)c3O)C(C)=C2)C=C(C)C1(O)c1cccc(C)c1O. The molecule has 37 heavy (non-hydrogen) atoms. The van der Waals surface area contributed by atoms with Crippen LogP contribution in [0.4, 0.5) is 0 Å². The predicted molar refractivity (Wildman–Crippen MR) is 145 cm³/mol. The van der Waals surface area contributed by atoms with Crippen LogP contribution in [-0.4, -0.2) is 39.3 Å². The molecule has 0 aromatic heterocycles. The van der Waals surface area contributed by atoms with E-state index in [-0.39, 0.29) is 11.5 Å². The third-order valence-corrected chi connectivity index (χ3v) is 10.0. The summed E-state index contributed by atoms with van der Waals surface area (Å²) in [5, 5.41) is 42.5. The molecule has 0 saturated carbocycles. The van der Waals surface area contributed by atoms with E-state index in [1.807, 2.05) is 0 Å². The summed E-state index contributed by atoms with van der Waals surface area (Å²) in [4.78, 5) is 0. The number of sulfone groups is 1. The lowest BCUT2D eigenvalue weighted by atomic mass is 9.76. The Labute approximate surface area is 218 Å². The molecule has 4 rings (SSSR count). The van der Waals surface area contributed by atoms with Gasteiger partial charge in [0.25, 0.3) is 0 Å². The van der Waals surface area contributed by atoms with Crippen LogP contribution in [0.25, 0.3) is 0 Å². The van der Waals surface area contributed by atoms with Gasteiger partial charge in [-0.15, -0.1) is 0 Å². The van der Waals surface area contributed by atoms with Crippen molar-refractivity contribution in [3.8, 4) is 11.5 Å². The monoisotopic (exact) mass is 522 g/mol. The van der Waals surface area contributed by atoms with E-state index in [4.69, 9.17) is 0 Å². The Morgan fingerprint density at radius 2 is 0.892 bits per heavy atom. The second-order valence-corrected chi connectivity index (χ2v) is 12.5. The van der Waals surface area contributed by atoms with Gasteiger partial charge in [-0.3, -0.25) is 0 Å². The van der Waals surface area contributed by atoms with Crippen molar-refractivity contribution < 1.29 is 28.8 Å². The largest absolute Gasteiger partial charge is 0.507 e. The maximum Gasteiger partial charge on any atom is 0.170 e. The summed E-state index contributed by atoms with van der Waals surface area (Å²) in [6.45, 7) is 10.1. The standard InChI is InChI=1S/C30H34O6S/c1-17-9-7-11-25(27(17)31)29(33)19(3)13-23(14-20(29)4)37(35,36)24-15-21(5)30(34,22(6)16-24)26-12-8-10-18(2)28(26)32/h7-16,23-24,31-34H,1-6H3. The second-order valence-electron chi connectivity index (χ2n) is 10.3. The molecule has 7 heteroatoms. The van der Waals surface area contributed by atoms with E-state index < -0.39 is 31.5 Å². The predicted octanol–water partition coefficient (Wildman–Crippen LogP) is 4.75. The maximum absolute atomic E-state index is 13.8. The Balaban J connectivity index is 1.74. The molecular weight excluding hydrogens is 488 g/mol. The number of rotatable bonds is 4. The molecule has 2 aromatic carbocycles. The summed E-state index contributed by atoms with van der Waals surface area (Å²) in [7, 11) is -3.87. The zero-order valence-corrected chi connectivity index (χ0v) is 22.8. The Morgan fingerprint density at radius 3 is 1.19 bits per heavy atom. The van der Waals surface area contributed by atoms with Crippen molar-refractivity contribution >= 4 is 9.84 Å². The Hall–Kier alpha value is -3.13. The van der Waals surface area contributed by atoms with Crippen LogP contribution in [-0.2, 0) is 21.0 Å². The van der Waals surface area contributed by atoms with Crippen molar-refractivity contribution in [2.24, 2.45) is 0 Å². The van der Waals surface area contributed by atoms with Crippen molar-refractivity contribution in [1.29, 1.82) is 0 Å². The van der Waals surface area contributed by atoms with E-state index in [1.54, 1.807) is 77.9 Å². The van der Waals surface area contributed by atoms with Gasteiger partial charge >= 0.3 is 0 Å². The molecule has 0 heterocycles. The molecule has 0 amide bonds. The lowest BCUT2D eigenvalue weighted by Crippen LogP contribution is -2.40. The third kappa shape index (κ3) is 3.97. The highest BCUT2D eigenvalue weighted by molar-refractivity contribution is 7.93. The number of para-hydroxylation sites is 2. The van der Waals surface area contributed by atoms with E-state index in [9.17, 15) is 28.8 Å². The first kappa shape index (κ1) is 26.9. The van der Waals surface area contributed by atoms with Crippen molar-refractivity contribution in [3.05, 3.63) is 105 Å². The van der Waals surface area contributed by atoms with Crippen LogP contribution in [0.2, 0.25) is 0 Å². The van der Waals surface area contributed by atoms with Crippen LogP contribution >= 0.6 is 0 Å². The van der Waals surface area contributed by atoms with Crippen LogP contribution in [0.5, 0.6) is 11.5 Å². The van der Waals surface area contributed by atoms with Crippen LogP contribution in [0, 0.1) is 13.8 Å². The van der Waals surface area contributed by atoms with Gasteiger partial charge in [-0.2, -0.15) is 0 Å². The van der Waals surface area contributed by atoms with Gasteiger partial charge in [-0.05, 0) is 75.0 Å². The van der Waals surface area contributed by atoms with E-state index in [1.165, 1.54) is 24.3 Å². The van der Waals surface area contributed by atoms with E-state index in [0.29, 0.717) is 44.5 Å². The maximum atomic E-state index is 13.8. The number of phenolic OH excluding ortho intramolecular Hbond substituents is 2. The number of aromatic hydroxyl groups is 2. The molecule has 0 bridgehead atoms. The highest BCUT2D eigenvalue weighted by atomic mass is 32.2. The number of hydrogen-bond donors (Lipinski definition) is 4. The molecule has 2 aliphatic carbocycles. The second kappa shape index (κ2) is 9.01. The fraction of sp³-hybridized carbons (Fsp3) is 0.333. The average molecular weight is 523 g/mol. The third-order valence-electron chi connectivity index (χ3n) is 7.95. The first-order chi connectivity index (χ1) is 17.2. The van der Waals surface area contributed by atoms with Gasteiger partial charge in [0.1, 0.15) is 22.7 Å². The van der Waals surface area contributed by atoms with Gasteiger partial charge in [-0.25, -0.2) is 8.42 Å². The molecule has 0 unspecified atom stereocenters. The van der Waals surface area contributed by atoms with Crippen molar-refractivity contribution in [2.75, 3.05) is 0 Å². The fourth-order valence-electron chi connectivity index (χ4n) is 5.50. The molecule has 6 nitrogen and oxygen atoms in total. The topological polar surface area (TPSA) is 115 Å². The Kier molecular flexibility index (Phi) is 6.56. The summed E-state index contributed by atoms with van der Waals surface area (Å²) >= 11 is 0. The van der Waals surface area contributed by atoms with Gasteiger partial charge in [0, 0.05) is 11.1 Å². The van der Waals surface area contributed by atoms with Gasteiger partial charge in [0.15, 0.2) is 9.84 Å².